The Bertz CT molecular complexity index is 712. The molecule has 1 saturated carbocycles. The predicted molar refractivity (Wildman–Crippen MR) is 73.3 cm³/mol. The van der Waals surface area contributed by atoms with Gasteiger partial charge in [-0.3, -0.25) is 9.20 Å². The normalized spacial score (nSPS) is 18.7. The molecule has 1 aliphatic carbocycles. The minimum absolute atomic E-state index is 0.0737. The second-order valence-electron chi connectivity index (χ2n) is 5.64. The van der Waals surface area contributed by atoms with Gasteiger partial charge in [-0.15, -0.1) is 10.2 Å². The molecule has 1 unspecified atom stereocenters. The highest BCUT2D eigenvalue weighted by atomic mass is 19.3. The van der Waals surface area contributed by atoms with E-state index < -0.39 is 23.5 Å². The molecule has 0 spiro atoms. The van der Waals surface area contributed by atoms with Crippen LogP contribution >= 0.6 is 0 Å². The lowest BCUT2D eigenvalue weighted by Crippen LogP contribution is -2.60. The second kappa shape index (κ2) is 4.98. The van der Waals surface area contributed by atoms with Crippen LogP contribution in [0.1, 0.15) is 38.1 Å². The highest BCUT2D eigenvalue weighted by Crippen LogP contribution is 2.44. The average molecular weight is 310 g/mol. The molecule has 118 valence electrons. The first-order chi connectivity index (χ1) is 10.3. The van der Waals surface area contributed by atoms with Gasteiger partial charge in [-0.1, -0.05) is 6.07 Å². The summed E-state index contributed by atoms with van der Waals surface area (Å²) in [5.41, 5.74) is -1.67. The van der Waals surface area contributed by atoms with Crippen molar-refractivity contribution in [2.45, 2.75) is 43.8 Å². The Hall–Kier alpha value is -2.09. The van der Waals surface area contributed by atoms with Crippen molar-refractivity contribution in [2.24, 2.45) is 0 Å². The van der Waals surface area contributed by atoms with Crippen molar-refractivity contribution in [3.05, 3.63) is 30.2 Å². The maximum absolute atomic E-state index is 14.1. The fourth-order valence-electron chi connectivity index (χ4n) is 2.54. The first-order valence-corrected chi connectivity index (χ1v) is 7.06. The molecule has 2 aromatic heterocycles. The van der Waals surface area contributed by atoms with Gasteiger partial charge in [0.2, 0.25) is 0 Å². The molecule has 3 rings (SSSR count). The Morgan fingerprint density at radius 3 is 2.82 bits per heavy atom. The lowest BCUT2D eigenvalue weighted by Gasteiger charge is -2.41. The number of hydrogen-bond donors (Lipinski definition) is 2. The number of rotatable bonds is 4. The van der Waals surface area contributed by atoms with Crippen LogP contribution in [0.2, 0.25) is 0 Å². The van der Waals surface area contributed by atoms with Crippen molar-refractivity contribution in [2.75, 3.05) is 0 Å². The fraction of sp³-hybridized carbons (Fsp3) is 0.500. The number of halogens is 2. The molecule has 1 atom stereocenters. The minimum Gasteiger partial charge on any atom is -0.383 e. The van der Waals surface area contributed by atoms with E-state index in [2.05, 4.69) is 15.5 Å². The number of nitrogens with one attached hydrogen (secondary N) is 1. The summed E-state index contributed by atoms with van der Waals surface area (Å²) in [5.74, 6) is -4.96. The van der Waals surface area contributed by atoms with E-state index in [9.17, 15) is 18.7 Å². The van der Waals surface area contributed by atoms with Gasteiger partial charge < -0.3 is 10.4 Å². The highest BCUT2D eigenvalue weighted by Gasteiger charge is 2.61. The Labute approximate surface area is 125 Å². The summed E-state index contributed by atoms with van der Waals surface area (Å²) < 4.78 is 29.7. The molecular weight excluding hydrogens is 294 g/mol. The molecule has 6 nitrogen and oxygen atoms in total. The van der Waals surface area contributed by atoms with E-state index >= 15 is 0 Å². The highest BCUT2D eigenvalue weighted by molar-refractivity contribution is 5.85. The van der Waals surface area contributed by atoms with Crippen LogP contribution in [0.5, 0.6) is 0 Å². The van der Waals surface area contributed by atoms with Crippen LogP contribution in [-0.2, 0) is 4.79 Å². The first kappa shape index (κ1) is 14.8. The molecule has 8 heteroatoms. The third kappa shape index (κ3) is 2.14. The van der Waals surface area contributed by atoms with Crippen LogP contribution in [0.15, 0.2) is 24.4 Å². The SMILES string of the molecule is CC(NC(=O)C(F)(F)C1(O)CCC1)c1nnc2ccccn12. The van der Waals surface area contributed by atoms with Crippen LogP contribution in [-0.4, -0.2) is 37.1 Å². The van der Waals surface area contributed by atoms with Crippen LogP contribution in [0.4, 0.5) is 8.78 Å². The van der Waals surface area contributed by atoms with Crippen LogP contribution in [0, 0.1) is 0 Å². The van der Waals surface area contributed by atoms with Gasteiger partial charge in [0.15, 0.2) is 11.5 Å². The number of hydrogen-bond acceptors (Lipinski definition) is 4. The third-order valence-corrected chi connectivity index (χ3v) is 4.13. The maximum Gasteiger partial charge on any atom is 0.352 e. The zero-order chi connectivity index (χ0) is 16.0. The molecular formula is C14H16F2N4O2. The molecule has 1 aliphatic rings. The topological polar surface area (TPSA) is 79.5 Å². The van der Waals surface area contributed by atoms with Gasteiger partial charge in [0.1, 0.15) is 5.60 Å². The molecule has 0 bridgehead atoms. The second-order valence-corrected chi connectivity index (χ2v) is 5.64. The molecule has 0 aromatic carbocycles. The smallest absolute Gasteiger partial charge is 0.352 e. The number of amides is 1. The Morgan fingerprint density at radius 1 is 1.45 bits per heavy atom. The number of nitrogens with zero attached hydrogens (tertiary/aromatic N) is 3. The van der Waals surface area contributed by atoms with Crippen molar-refractivity contribution in [1.82, 2.24) is 19.9 Å². The molecule has 1 fully saturated rings. The summed E-state index contributed by atoms with van der Waals surface area (Å²) in [7, 11) is 0. The van der Waals surface area contributed by atoms with Crippen molar-refractivity contribution >= 4 is 11.6 Å². The summed E-state index contributed by atoms with van der Waals surface area (Å²) >= 11 is 0. The largest absolute Gasteiger partial charge is 0.383 e. The van der Waals surface area contributed by atoms with E-state index in [0.29, 0.717) is 17.9 Å². The van der Waals surface area contributed by atoms with E-state index in [-0.39, 0.29) is 12.8 Å². The minimum atomic E-state index is -3.82. The van der Waals surface area contributed by atoms with Crippen molar-refractivity contribution < 1.29 is 18.7 Å². The lowest BCUT2D eigenvalue weighted by atomic mass is 9.75. The third-order valence-electron chi connectivity index (χ3n) is 4.13. The zero-order valence-electron chi connectivity index (χ0n) is 12.0. The van der Waals surface area contributed by atoms with Crippen molar-refractivity contribution in [1.29, 1.82) is 0 Å². The van der Waals surface area contributed by atoms with Crippen molar-refractivity contribution in [3.63, 3.8) is 0 Å². The van der Waals surface area contributed by atoms with Gasteiger partial charge in [0, 0.05) is 6.20 Å². The number of alkyl halides is 2. The monoisotopic (exact) mass is 310 g/mol. The molecule has 2 heterocycles. The summed E-state index contributed by atoms with van der Waals surface area (Å²) in [6.07, 6.45) is 2.03. The summed E-state index contributed by atoms with van der Waals surface area (Å²) in [5, 5.41) is 19.8. The van der Waals surface area contributed by atoms with Gasteiger partial charge >= 0.3 is 5.92 Å². The number of pyridine rings is 1. The quantitative estimate of drug-likeness (QED) is 0.896. The molecule has 2 aromatic rings. The maximum atomic E-state index is 14.1. The average Bonchev–Trinajstić information content (AvgIpc) is 2.88. The summed E-state index contributed by atoms with van der Waals surface area (Å²) in [6.45, 7) is 1.54. The number of fused-ring (bicyclic) bond motifs is 1. The van der Waals surface area contributed by atoms with E-state index in [1.54, 1.807) is 35.7 Å². The van der Waals surface area contributed by atoms with Gasteiger partial charge in [-0.05, 0) is 38.3 Å². The lowest BCUT2D eigenvalue weighted by molar-refractivity contribution is -0.216. The van der Waals surface area contributed by atoms with Crippen molar-refractivity contribution in [3.8, 4) is 0 Å². The van der Waals surface area contributed by atoms with Gasteiger partial charge in [0.05, 0.1) is 6.04 Å². The van der Waals surface area contributed by atoms with E-state index in [4.69, 9.17) is 0 Å². The molecule has 1 amide bonds. The molecule has 2 N–H and O–H groups in total. The first-order valence-electron chi connectivity index (χ1n) is 7.06. The number of carbonyl (C=O) groups is 1. The predicted octanol–water partition coefficient (Wildman–Crippen LogP) is 1.46. The summed E-state index contributed by atoms with van der Waals surface area (Å²) in [6, 6.07) is 4.48. The zero-order valence-corrected chi connectivity index (χ0v) is 12.0. The standard InChI is InChI=1S/C14H16F2N4O2/c1-9(11-19-18-10-5-2-3-8-20(10)11)17-12(21)14(15,16)13(22)6-4-7-13/h2-3,5,8-9,22H,4,6-7H2,1H3,(H,17,21). The molecule has 0 saturated heterocycles. The molecule has 0 aliphatic heterocycles. The Morgan fingerprint density at radius 2 is 2.18 bits per heavy atom. The van der Waals surface area contributed by atoms with Gasteiger partial charge in [-0.25, -0.2) is 0 Å². The van der Waals surface area contributed by atoms with E-state index in [0.717, 1.165) is 0 Å². The van der Waals surface area contributed by atoms with E-state index in [1.807, 2.05) is 0 Å². The van der Waals surface area contributed by atoms with Gasteiger partial charge in [0.25, 0.3) is 5.91 Å². The number of carbonyl (C=O) groups excluding carboxylic acids is 1. The Balaban J connectivity index is 1.79. The van der Waals surface area contributed by atoms with E-state index in [1.165, 1.54) is 0 Å². The fourth-order valence-corrected chi connectivity index (χ4v) is 2.54. The van der Waals surface area contributed by atoms with Crippen LogP contribution < -0.4 is 5.32 Å². The van der Waals surface area contributed by atoms with Crippen LogP contribution in [0.3, 0.4) is 0 Å². The van der Waals surface area contributed by atoms with Gasteiger partial charge in [-0.2, -0.15) is 8.78 Å². The number of aliphatic hydroxyl groups is 1. The molecule has 0 radical (unpaired) electrons. The summed E-state index contributed by atoms with van der Waals surface area (Å²) in [4.78, 5) is 11.9. The Kier molecular flexibility index (Phi) is 3.36. The number of aromatic nitrogens is 3. The van der Waals surface area contributed by atoms with Crippen LogP contribution in [0.25, 0.3) is 5.65 Å². The molecule has 22 heavy (non-hydrogen) atoms.